The Hall–Kier alpha value is -0.770. The van der Waals surface area contributed by atoms with Crippen molar-refractivity contribution >= 4 is 11.6 Å². The molecule has 3 nitrogen and oxygen atoms in total. The van der Waals surface area contributed by atoms with Crippen LogP contribution in [0.2, 0.25) is 5.02 Å². The second-order valence-electron chi connectivity index (χ2n) is 4.24. The van der Waals surface area contributed by atoms with Gasteiger partial charge >= 0.3 is 0 Å². The molecule has 0 heterocycles. The van der Waals surface area contributed by atoms with E-state index in [2.05, 4.69) is 0 Å². The SMILES string of the molecule is COc1cc(C)c(Cl)cc1CCC(CN)CO. The quantitative estimate of drug-likeness (QED) is 0.821. The highest BCUT2D eigenvalue weighted by atomic mass is 35.5. The highest BCUT2D eigenvalue weighted by Gasteiger charge is 2.10. The zero-order valence-corrected chi connectivity index (χ0v) is 11.1. The van der Waals surface area contributed by atoms with Gasteiger partial charge in [0.2, 0.25) is 0 Å². The van der Waals surface area contributed by atoms with Crippen LogP contribution in [0, 0.1) is 12.8 Å². The van der Waals surface area contributed by atoms with Crippen molar-refractivity contribution < 1.29 is 9.84 Å². The smallest absolute Gasteiger partial charge is 0.122 e. The average molecular weight is 258 g/mol. The average Bonchev–Trinajstić information content (AvgIpc) is 2.34. The number of hydrogen-bond acceptors (Lipinski definition) is 3. The predicted octanol–water partition coefficient (Wildman–Crippen LogP) is 2.16. The number of ether oxygens (including phenoxy) is 1. The van der Waals surface area contributed by atoms with E-state index in [1.807, 2.05) is 19.1 Å². The molecule has 1 aromatic carbocycles. The highest BCUT2D eigenvalue weighted by Crippen LogP contribution is 2.28. The minimum atomic E-state index is 0.123. The maximum Gasteiger partial charge on any atom is 0.122 e. The summed E-state index contributed by atoms with van der Waals surface area (Å²) in [5.41, 5.74) is 7.62. The van der Waals surface area contributed by atoms with Crippen LogP contribution in [0.5, 0.6) is 5.75 Å². The van der Waals surface area contributed by atoms with Crippen LogP contribution in [-0.4, -0.2) is 25.4 Å². The summed E-state index contributed by atoms with van der Waals surface area (Å²) in [6.45, 7) is 2.57. The second-order valence-corrected chi connectivity index (χ2v) is 4.64. The molecule has 0 saturated carbocycles. The Morgan fingerprint density at radius 1 is 1.47 bits per heavy atom. The highest BCUT2D eigenvalue weighted by molar-refractivity contribution is 6.31. The molecule has 0 spiro atoms. The largest absolute Gasteiger partial charge is 0.496 e. The molecule has 0 amide bonds. The number of aryl methyl sites for hydroxylation is 2. The molecule has 0 aromatic heterocycles. The van der Waals surface area contributed by atoms with Crippen molar-refractivity contribution in [1.29, 1.82) is 0 Å². The van der Waals surface area contributed by atoms with E-state index in [0.717, 1.165) is 34.7 Å². The zero-order valence-electron chi connectivity index (χ0n) is 10.4. The molecule has 0 aliphatic rings. The number of hydrogen-bond donors (Lipinski definition) is 2. The Labute approximate surface area is 108 Å². The summed E-state index contributed by atoms with van der Waals surface area (Å²) >= 11 is 6.10. The van der Waals surface area contributed by atoms with Gasteiger partial charge < -0.3 is 15.6 Å². The van der Waals surface area contributed by atoms with Crippen LogP contribution in [-0.2, 0) is 6.42 Å². The van der Waals surface area contributed by atoms with Crippen molar-refractivity contribution in [2.45, 2.75) is 19.8 Å². The van der Waals surface area contributed by atoms with Gasteiger partial charge in [0, 0.05) is 11.6 Å². The number of aliphatic hydroxyl groups excluding tert-OH is 1. The van der Waals surface area contributed by atoms with Gasteiger partial charge in [0.15, 0.2) is 0 Å². The third-order valence-electron chi connectivity index (χ3n) is 2.98. The van der Waals surface area contributed by atoms with Crippen molar-refractivity contribution in [1.82, 2.24) is 0 Å². The standard InChI is InChI=1S/C13H20ClNO2/c1-9-5-13(17-2)11(6-12(9)14)4-3-10(7-15)8-16/h5-6,10,16H,3-4,7-8,15H2,1-2H3. The molecule has 3 N–H and O–H groups in total. The van der Waals surface area contributed by atoms with E-state index in [1.165, 1.54) is 0 Å². The monoisotopic (exact) mass is 257 g/mol. The Kier molecular flexibility index (Phi) is 5.75. The molecule has 4 heteroatoms. The van der Waals surface area contributed by atoms with Crippen LogP contribution in [0.1, 0.15) is 17.5 Å². The lowest BCUT2D eigenvalue weighted by atomic mass is 9.99. The van der Waals surface area contributed by atoms with Crippen LogP contribution in [0.25, 0.3) is 0 Å². The molecule has 0 aliphatic carbocycles. The molecule has 0 bridgehead atoms. The van der Waals surface area contributed by atoms with Crippen molar-refractivity contribution in [3.8, 4) is 5.75 Å². The minimum Gasteiger partial charge on any atom is -0.496 e. The number of aliphatic hydroxyl groups is 1. The number of benzene rings is 1. The fraction of sp³-hybridized carbons (Fsp3) is 0.538. The van der Waals surface area contributed by atoms with Crippen molar-refractivity contribution in [2.75, 3.05) is 20.3 Å². The third-order valence-corrected chi connectivity index (χ3v) is 3.38. The first-order valence-electron chi connectivity index (χ1n) is 5.76. The van der Waals surface area contributed by atoms with Gasteiger partial charge in [-0.1, -0.05) is 11.6 Å². The molecule has 1 atom stereocenters. The summed E-state index contributed by atoms with van der Waals surface area (Å²) in [5.74, 6) is 0.986. The summed E-state index contributed by atoms with van der Waals surface area (Å²) in [4.78, 5) is 0. The Morgan fingerprint density at radius 2 is 2.18 bits per heavy atom. The molecule has 0 radical (unpaired) electrons. The fourth-order valence-corrected chi connectivity index (χ4v) is 1.91. The van der Waals surface area contributed by atoms with Crippen LogP contribution < -0.4 is 10.5 Å². The van der Waals surface area contributed by atoms with E-state index in [-0.39, 0.29) is 12.5 Å². The van der Waals surface area contributed by atoms with Gasteiger partial charge in [0.25, 0.3) is 0 Å². The van der Waals surface area contributed by atoms with Crippen molar-refractivity contribution in [2.24, 2.45) is 11.7 Å². The summed E-state index contributed by atoms with van der Waals surface area (Å²) < 4.78 is 5.33. The van der Waals surface area contributed by atoms with Gasteiger partial charge in [0.1, 0.15) is 5.75 Å². The van der Waals surface area contributed by atoms with E-state index in [0.29, 0.717) is 6.54 Å². The topological polar surface area (TPSA) is 55.5 Å². The van der Waals surface area contributed by atoms with E-state index in [1.54, 1.807) is 7.11 Å². The molecule has 0 fully saturated rings. The number of halogens is 1. The lowest BCUT2D eigenvalue weighted by Gasteiger charge is -2.14. The van der Waals surface area contributed by atoms with Crippen LogP contribution in [0.4, 0.5) is 0 Å². The van der Waals surface area contributed by atoms with Gasteiger partial charge in [-0.15, -0.1) is 0 Å². The normalized spacial score (nSPS) is 12.5. The van der Waals surface area contributed by atoms with E-state index in [4.69, 9.17) is 27.2 Å². The molecular weight excluding hydrogens is 238 g/mol. The molecule has 0 aliphatic heterocycles. The Bertz CT molecular complexity index is 365. The first-order valence-corrected chi connectivity index (χ1v) is 6.14. The van der Waals surface area contributed by atoms with Gasteiger partial charge in [-0.25, -0.2) is 0 Å². The molecular formula is C13H20ClNO2. The molecule has 0 saturated heterocycles. The van der Waals surface area contributed by atoms with E-state index < -0.39 is 0 Å². The Balaban J connectivity index is 2.79. The molecule has 96 valence electrons. The second kappa shape index (κ2) is 6.84. The van der Waals surface area contributed by atoms with E-state index in [9.17, 15) is 0 Å². The molecule has 17 heavy (non-hydrogen) atoms. The molecule has 1 aromatic rings. The van der Waals surface area contributed by atoms with Crippen LogP contribution in [0.3, 0.4) is 0 Å². The minimum absolute atomic E-state index is 0.123. The fourth-order valence-electron chi connectivity index (χ4n) is 1.72. The maximum absolute atomic E-state index is 9.09. The number of rotatable bonds is 6. The van der Waals surface area contributed by atoms with Crippen LogP contribution >= 0.6 is 11.6 Å². The lowest BCUT2D eigenvalue weighted by molar-refractivity contribution is 0.223. The summed E-state index contributed by atoms with van der Waals surface area (Å²) in [6, 6.07) is 3.87. The number of nitrogens with two attached hydrogens (primary N) is 1. The van der Waals surface area contributed by atoms with Crippen LogP contribution in [0.15, 0.2) is 12.1 Å². The molecule has 1 unspecified atom stereocenters. The summed E-state index contributed by atoms with van der Waals surface area (Å²) in [7, 11) is 1.65. The predicted molar refractivity (Wildman–Crippen MR) is 70.7 cm³/mol. The third kappa shape index (κ3) is 3.87. The first-order chi connectivity index (χ1) is 8.12. The van der Waals surface area contributed by atoms with Gasteiger partial charge in [-0.2, -0.15) is 0 Å². The first kappa shape index (κ1) is 14.3. The van der Waals surface area contributed by atoms with E-state index >= 15 is 0 Å². The Morgan fingerprint density at radius 3 is 2.71 bits per heavy atom. The number of methoxy groups -OCH3 is 1. The van der Waals surface area contributed by atoms with Gasteiger partial charge in [0.05, 0.1) is 7.11 Å². The summed E-state index contributed by atoms with van der Waals surface area (Å²) in [6.07, 6.45) is 1.65. The summed E-state index contributed by atoms with van der Waals surface area (Å²) in [5, 5.41) is 9.84. The van der Waals surface area contributed by atoms with Gasteiger partial charge in [-0.05, 0) is 55.5 Å². The van der Waals surface area contributed by atoms with Crippen molar-refractivity contribution in [3.05, 3.63) is 28.3 Å². The van der Waals surface area contributed by atoms with Gasteiger partial charge in [-0.3, -0.25) is 0 Å². The maximum atomic E-state index is 9.09. The van der Waals surface area contributed by atoms with Crippen molar-refractivity contribution in [3.63, 3.8) is 0 Å². The molecule has 1 rings (SSSR count). The zero-order chi connectivity index (χ0) is 12.8. The lowest BCUT2D eigenvalue weighted by Crippen LogP contribution is -2.18.